The summed E-state index contributed by atoms with van der Waals surface area (Å²) in [5.41, 5.74) is 1.86. The van der Waals surface area contributed by atoms with Crippen molar-refractivity contribution in [3.8, 4) is 12.3 Å². The highest BCUT2D eigenvalue weighted by Gasteiger charge is 2.03. The number of benzene rings is 1. The van der Waals surface area contributed by atoms with Gasteiger partial charge in [0, 0.05) is 18.4 Å². The minimum atomic E-state index is 0.127. The van der Waals surface area contributed by atoms with Crippen LogP contribution in [0.2, 0.25) is 0 Å². The van der Waals surface area contributed by atoms with Crippen LogP contribution in [-0.2, 0) is 0 Å². The van der Waals surface area contributed by atoms with E-state index in [0.29, 0.717) is 12.8 Å². The molecule has 1 aromatic rings. The molecular formula is C12H12O. The molecule has 0 bridgehead atoms. The van der Waals surface area contributed by atoms with Crippen molar-refractivity contribution in [3.05, 3.63) is 35.4 Å². The quantitative estimate of drug-likeness (QED) is 0.506. The van der Waals surface area contributed by atoms with Crippen LogP contribution in [0.25, 0.3) is 0 Å². The molecule has 0 N–H and O–H groups in total. The SMILES string of the molecule is C#CCCC(=O)c1cccc(C)c1. The number of carbonyl (C=O) groups excluding carboxylic acids is 1. The zero-order chi connectivity index (χ0) is 9.68. The smallest absolute Gasteiger partial charge is 0.163 e. The lowest BCUT2D eigenvalue weighted by atomic mass is 10.0. The van der Waals surface area contributed by atoms with E-state index in [0.717, 1.165) is 11.1 Å². The summed E-state index contributed by atoms with van der Waals surface area (Å²) >= 11 is 0. The van der Waals surface area contributed by atoms with E-state index in [9.17, 15) is 4.79 Å². The lowest BCUT2D eigenvalue weighted by molar-refractivity contribution is 0.0984. The average Bonchev–Trinajstić information content (AvgIpc) is 2.14. The van der Waals surface area contributed by atoms with Crippen LogP contribution < -0.4 is 0 Å². The number of hydrogen-bond acceptors (Lipinski definition) is 1. The number of hydrogen-bond donors (Lipinski definition) is 0. The number of ketones is 1. The van der Waals surface area contributed by atoms with Gasteiger partial charge in [-0.2, -0.15) is 0 Å². The molecule has 1 heteroatoms. The molecule has 0 amide bonds. The fraction of sp³-hybridized carbons (Fsp3) is 0.250. The van der Waals surface area contributed by atoms with Crippen LogP contribution in [0.5, 0.6) is 0 Å². The Morgan fingerprint density at radius 1 is 1.54 bits per heavy atom. The molecule has 0 atom stereocenters. The average molecular weight is 172 g/mol. The van der Waals surface area contributed by atoms with Crippen molar-refractivity contribution in [1.82, 2.24) is 0 Å². The highest BCUT2D eigenvalue weighted by Crippen LogP contribution is 2.07. The van der Waals surface area contributed by atoms with Crippen LogP contribution in [-0.4, -0.2) is 5.78 Å². The lowest BCUT2D eigenvalue weighted by Crippen LogP contribution is -1.98. The summed E-state index contributed by atoms with van der Waals surface area (Å²) in [5.74, 6) is 2.59. The Labute approximate surface area is 78.8 Å². The van der Waals surface area contributed by atoms with E-state index in [1.165, 1.54) is 0 Å². The standard InChI is InChI=1S/C12H12O/c1-3-4-8-12(13)11-7-5-6-10(2)9-11/h1,5-7,9H,4,8H2,2H3. The van der Waals surface area contributed by atoms with Gasteiger partial charge in [0.2, 0.25) is 0 Å². The van der Waals surface area contributed by atoms with Crippen LogP contribution >= 0.6 is 0 Å². The fourth-order valence-electron chi connectivity index (χ4n) is 1.15. The molecule has 0 aliphatic rings. The second-order valence-electron chi connectivity index (χ2n) is 3.00. The van der Waals surface area contributed by atoms with Gasteiger partial charge in [0.25, 0.3) is 0 Å². The molecule has 0 fully saturated rings. The van der Waals surface area contributed by atoms with Gasteiger partial charge >= 0.3 is 0 Å². The van der Waals surface area contributed by atoms with Crippen molar-refractivity contribution in [2.24, 2.45) is 0 Å². The summed E-state index contributed by atoms with van der Waals surface area (Å²) in [6.07, 6.45) is 6.05. The topological polar surface area (TPSA) is 17.1 Å². The molecule has 0 saturated carbocycles. The summed E-state index contributed by atoms with van der Waals surface area (Å²) in [4.78, 5) is 11.5. The first-order valence-corrected chi connectivity index (χ1v) is 4.27. The summed E-state index contributed by atoms with van der Waals surface area (Å²) in [6.45, 7) is 1.97. The highest BCUT2D eigenvalue weighted by molar-refractivity contribution is 5.96. The van der Waals surface area contributed by atoms with E-state index in [-0.39, 0.29) is 5.78 Å². The minimum Gasteiger partial charge on any atom is -0.294 e. The van der Waals surface area contributed by atoms with Crippen LogP contribution in [0.15, 0.2) is 24.3 Å². The van der Waals surface area contributed by atoms with E-state index in [1.807, 2.05) is 31.2 Å². The van der Waals surface area contributed by atoms with Crippen molar-refractivity contribution >= 4 is 5.78 Å². The summed E-state index contributed by atoms with van der Waals surface area (Å²) in [7, 11) is 0. The number of terminal acetylenes is 1. The molecule has 1 rings (SSSR count). The van der Waals surface area contributed by atoms with Crippen LogP contribution in [0.1, 0.15) is 28.8 Å². The van der Waals surface area contributed by atoms with Crippen molar-refractivity contribution in [2.75, 3.05) is 0 Å². The first-order valence-electron chi connectivity index (χ1n) is 4.27. The Bertz CT molecular complexity index is 344. The fourth-order valence-corrected chi connectivity index (χ4v) is 1.15. The number of carbonyl (C=O) groups is 1. The predicted molar refractivity (Wildman–Crippen MR) is 53.6 cm³/mol. The Kier molecular flexibility index (Phi) is 3.28. The van der Waals surface area contributed by atoms with Gasteiger partial charge in [-0.05, 0) is 13.0 Å². The normalized spacial score (nSPS) is 9.23. The Hall–Kier alpha value is -1.55. The van der Waals surface area contributed by atoms with Gasteiger partial charge in [-0.15, -0.1) is 12.3 Å². The molecular weight excluding hydrogens is 160 g/mol. The molecule has 0 radical (unpaired) electrons. The molecule has 0 aromatic heterocycles. The second kappa shape index (κ2) is 4.47. The van der Waals surface area contributed by atoms with Gasteiger partial charge in [-0.1, -0.05) is 23.8 Å². The lowest BCUT2D eigenvalue weighted by Gasteiger charge is -1.99. The number of rotatable bonds is 3. The third-order valence-corrected chi connectivity index (χ3v) is 1.84. The van der Waals surface area contributed by atoms with Crippen LogP contribution in [0, 0.1) is 19.3 Å². The van der Waals surface area contributed by atoms with Gasteiger partial charge in [0.15, 0.2) is 5.78 Å². The molecule has 66 valence electrons. The van der Waals surface area contributed by atoms with Crippen molar-refractivity contribution in [2.45, 2.75) is 19.8 Å². The number of Topliss-reactive ketones (excluding diaryl/α,β-unsaturated/α-hetero) is 1. The monoisotopic (exact) mass is 172 g/mol. The summed E-state index contributed by atoms with van der Waals surface area (Å²) < 4.78 is 0. The van der Waals surface area contributed by atoms with E-state index < -0.39 is 0 Å². The molecule has 13 heavy (non-hydrogen) atoms. The van der Waals surface area contributed by atoms with Crippen molar-refractivity contribution in [1.29, 1.82) is 0 Å². The second-order valence-corrected chi connectivity index (χ2v) is 3.00. The van der Waals surface area contributed by atoms with Gasteiger partial charge in [0.05, 0.1) is 0 Å². The van der Waals surface area contributed by atoms with E-state index >= 15 is 0 Å². The Morgan fingerprint density at radius 2 is 2.31 bits per heavy atom. The third-order valence-electron chi connectivity index (χ3n) is 1.84. The largest absolute Gasteiger partial charge is 0.294 e. The molecule has 0 spiro atoms. The molecule has 0 heterocycles. The highest BCUT2D eigenvalue weighted by atomic mass is 16.1. The van der Waals surface area contributed by atoms with Gasteiger partial charge in [0.1, 0.15) is 0 Å². The molecule has 0 unspecified atom stereocenters. The summed E-state index contributed by atoms with van der Waals surface area (Å²) in [6, 6.07) is 7.57. The predicted octanol–water partition coefficient (Wildman–Crippen LogP) is 2.59. The maximum absolute atomic E-state index is 11.5. The maximum Gasteiger partial charge on any atom is 0.163 e. The molecule has 0 saturated heterocycles. The maximum atomic E-state index is 11.5. The molecule has 1 nitrogen and oxygen atoms in total. The first kappa shape index (κ1) is 9.54. The number of aryl methyl sites for hydroxylation is 1. The zero-order valence-corrected chi connectivity index (χ0v) is 7.71. The zero-order valence-electron chi connectivity index (χ0n) is 7.71. The van der Waals surface area contributed by atoms with E-state index in [4.69, 9.17) is 6.42 Å². The van der Waals surface area contributed by atoms with Crippen molar-refractivity contribution < 1.29 is 4.79 Å². The van der Waals surface area contributed by atoms with Crippen LogP contribution in [0.4, 0.5) is 0 Å². The van der Waals surface area contributed by atoms with E-state index in [1.54, 1.807) is 0 Å². The first-order chi connectivity index (χ1) is 6.24. The molecule has 0 aliphatic heterocycles. The van der Waals surface area contributed by atoms with Crippen LogP contribution in [0.3, 0.4) is 0 Å². The van der Waals surface area contributed by atoms with Crippen molar-refractivity contribution in [3.63, 3.8) is 0 Å². The van der Waals surface area contributed by atoms with E-state index in [2.05, 4.69) is 5.92 Å². The summed E-state index contributed by atoms with van der Waals surface area (Å²) in [5, 5.41) is 0. The Balaban J connectivity index is 2.72. The minimum absolute atomic E-state index is 0.127. The van der Waals surface area contributed by atoms with Gasteiger partial charge < -0.3 is 0 Å². The Morgan fingerprint density at radius 3 is 2.92 bits per heavy atom. The third kappa shape index (κ3) is 2.76. The van der Waals surface area contributed by atoms with Gasteiger partial charge in [-0.25, -0.2) is 0 Å². The van der Waals surface area contributed by atoms with Gasteiger partial charge in [-0.3, -0.25) is 4.79 Å². The molecule has 0 aliphatic carbocycles. The molecule has 1 aromatic carbocycles.